The Morgan fingerprint density at radius 1 is 1.38 bits per heavy atom. The maximum atomic E-state index is 12.7. The summed E-state index contributed by atoms with van der Waals surface area (Å²) in [5, 5.41) is 0. The Kier molecular flexibility index (Phi) is 5.14. The number of piperidine rings is 1. The maximum absolute atomic E-state index is 12.7. The number of carbonyl (C=O) groups excluding carboxylic acids is 2. The fourth-order valence-electron chi connectivity index (χ4n) is 2.80. The van der Waals surface area contributed by atoms with E-state index in [4.69, 9.17) is 9.47 Å². The Labute approximate surface area is 146 Å². The number of rotatable bonds is 4. The minimum absolute atomic E-state index is 0.0917. The average molecular weight is 374 g/mol. The zero-order valence-corrected chi connectivity index (χ0v) is 13.7. The number of amides is 2. The largest absolute Gasteiger partial charge is 0.458 e. The standard InChI is InChI=1S/C15H17F3N4O4/c16-15(17,18)11-3-4-19-13(20-11)26-10-2-1-5-21(8-10)12(23)9-22-6-7-25-14(22)24/h3-4,10H,1-2,5-9H2. The van der Waals surface area contributed by atoms with Crippen LogP contribution in [0.5, 0.6) is 6.01 Å². The number of aromatic nitrogens is 2. The molecule has 8 nitrogen and oxygen atoms in total. The van der Waals surface area contributed by atoms with E-state index in [1.165, 1.54) is 9.80 Å². The Morgan fingerprint density at radius 3 is 2.88 bits per heavy atom. The molecule has 2 fully saturated rings. The molecule has 1 aromatic heterocycles. The second-order valence-corrected chi connectivity index (χ2v) is 5.98. The van der Waals surface area contributed by atoms with Crippen molar-refractivity contribution in [3.8, 4) is 6.01 Å². The molecular weight excluding hydrogens is 357 g/mol. The quantitative estimate of drug-likeness (QED) is 0.790. The molecule has 142 valence electrons. The van der Waals surface area contributed by atoms with Crippen molar-refractivity contribution >= 4 is 12.0 Å². The van der Waals surface area contributed by atoms with E-state index in [0.29, 0.717) is 25.9 Å². The third kappa shape index (κ3) is 4.33. The zero-order valence-electron chi connectivity index (χ0n) is 13.7. The summed E-state index contributed by atoms with van der Waals surface area (Å²) in [7, 11) is 0. The highest BCUT2D eigenvalue weighted by Crippen LogP contribution is 2.28. The van der Waals surface area contributed by atoms with Crippen LogP contribution in [0.3, 0.4) is 0 Å². The lowest BCUT2D eigenvalue weighted by Crippen LogP contribution is -2.48. The summed E-state index contributed by atoms with van der Waals surface area (Å²) < 4.78 is 48.3. The molecule has 0 aliphatic carbocycles. The minimum atomic E-state index is -4.58. The molecule has 1 atom stereocenters. The second kappa shape index (κ2) is 7.34. The molecule has 3 heterocycles. The van der Waals surface area contributed by atoms with Crippen LogP contribution in [0.25, 0.3) is 0 Å². The highest BCUT2D eigenvalue weighted by Gasteiger charge is 2.34. The number of likely N-dealkylation sites (tertiary alicyclic amines) is 1. The van der Waals surface area contributed by atoms with Crippen molar-refractivity contribution in [2.75, 3.05) is 32.8 Å². The number of cyclic esters (lactones) is 1. The van der Waals surface area contributed by atoms with Crippen LogP contribution in [0, 0.1) is 0 Å². The van der Waals surface area contributed by atoms with Crippen molar-refractivity contribution in [1.29, 1.82) is 0 Å². The van der Waals surface area contributed by atoms with Crippen LogP contribution in [0.15, 0.2) is 12.3 Å². The first kappa shape index (κ1) is 18.2. The Hall–Kier alpha value is -2.59. The third-order valence-electron chi connectivity index (χ3n) is 4.10. The monoisotopic (exact) mass is 374 g/mol. The molecule has 1 aromatic rings. The fraction of sp³-hybridized carbons (Fsp3) is 0.600. The summed E-state index contributed by atoms with van der Waals surface area (Å²) in [6, 6.07) is 0.390. The van der Waals surface area contributed by atoms with Gasteiger partial charge in [-0.15, -0.1) is 0 Å². The fourth-order valence-corrected chi connectivity index (χ4v) is 2.80. The van der Waals surface area contributed by atoms with Crippen molar-refractivity contribution < 1.29 is 32.2 Å². The van der Waals surface area contributed by atoms with E-state index in [-0.39, 0.29) is 31.6 Å². The molecule has 0 N–H and O–H groups in total. The highest BCUT2D eigenvalue weighted by molar-refractivity contribution is 5.83. The molecule has 2 aliphatic rings. The van der Waals surface area contributed by atoms with Crippen LogP contribution in [0.4, 0.5) is 18.0 Å². The van der Waals surface area contributed by atoms with Crippen LogP contribution < -0.4 is 4.74 Å². The van der Waals surface area contributed by atoms with E-state index in [1.807, 2.05) is 0 Å². The molecule has 2 aliphatic heterocycles. The molecule has 1 unspecified atom stereocenters. The smallest absolute Gasteiger partial charge is 0.433 e. The lowest BCUT2D eigenvalue weighted by molar-refractivity contribution is -0.141. The predicted octanol–water partition coefficient (Wildman–Crippen LogP) is 1.32. The zero-order chi connectivity index (χ0) is 18.7. The minimum Gasteiger partial charge on any atom is -0.458 e. The summed E-state index contributed by atoms with van der Waals surface area (Å²) in [6.45, 7) is 1.21. The van der Waals surface area contributed by atoms with Crippen molar-refractivity contribution in [1.82, 2.24) is 19.8 Å². The van der Waals surface area contributed by atoms with E-state index >= 15 is 0 Å². The van der Waals surface area contributed by atoms with E-state index in [0.717, 1.165) is 12.3 Å². The third-order valence-corrected chi connectivity index (χ3v) is 4.10. The van der Waals surface area contributed by atoms with Crippen molar-refractivity contribution in [3.63, 3.8) is 0 Å². The molecule has 3 rings (SSSR count). The first-order valence-electron chi connectivity index (χ1n) is 8.09. The van der Waals surface area contributed by atoms with Gasteiger partial charge in [-0.3, -0.25) is 9.69 Å². The maximum Gasteiger partial charge on any atom is 0.433 e. The Bertz CT molecular complexity index is 685. The van der Waals surface area contributed by atoms with Crippen LogP contribution in [0.2, 0.25) is 0 Å². The molecule has 11 heteroatoms. The summed E-state index contributed by atoms with van der Waals surface area (Å²) in [5.74, 6) is -0.262. The Balaban J connectivity index is 1.58. The number of alkyl halides is 3. The van der Waals surface area contributed by atoms with Crippen molar-refractivity contribution in [3.05, 3.63) is 18.0 Å². The highest BCUT2D eigenvalue weighted by atomic mass is 19.4. The van der Waals surface area contributed by atoms with Gasteiger partial charge in [0.15, 0.2) is 5.69 Å². The summed E-state index contributed by atoms with van der Waals surface area (Å²) in [6.07, 6.45) is -3.45. The lowest BCUT2D eigenvalue weighted by Gasteiger charge is -2.33. The van der Waals surface area contributed by atoms with Gasteiger partial charge in [0.25, 0.3) is 0 Å². The first-order valence-corrected chi connectivity index (χ1v) is 8.09. The molecule has 0 bridgehead atoms. The lowest BCUT2D eigenvalue weighted by atomic mass is 10.1. The van der Waals surface area contributed by atoms with E-state index in [9.17, 15) is 22.8 Å². The first-order chi connectivity index (χ1) is 12.3. The van der Waals surface area contributed by atoms with Crippen molar-refractivity contribution in [2.24, 2.45) is 0 Å². The van der Waals surface area contributed by atoms with Gasteiger partial charge in [-0.25, -0.2) is 9.78 Å². The molecule has 0 spiro atoms. The van der Waals surface area contributed by atoms with E-state index in [2.05, 4.69) is 9.97 Å². The van der Waals surface area contributed by atoms with Crippen LogP contribution in [0.1, 0.15) is 18.5 Å². The van der Waals surface area contributed by atoms with Crippen LogP contribution in [-0.4, -0.2) is 70.7 Å². The summed E-state index contributed by atoms with van der Waals surface area (Å²) in [5.41, 5.74) is -1.08. The van der Waals surface area contributed by atoms with Gasteiger partial charge in [0.2, 0.25) is 5.91 Å². The molecule has 0 aromatic carbocycles. The molecule has 2 amide bonds. The Morgan fingerprint density at radius 2 is 2.19 bits per heavy atom. The van der Waals surface area contributed by atoms with Crippen LogP contribution >= 0.6 is 0 Å². The van der Waals surface area contributed by atoms with Crippen molar-refractivity contribution in [2.45, 2.75) is 25.1 Å². The number of hydrogen-bond acceptors (Lipinski definition) is 6. The van der Waals surface area contributed by atoms with Gasteiger partial charge in [0.1, 0.15) is 19.3 Å². The topological polar surface area (TPSA) is 84.9 Å². The van der Waals surface area contributed by atoms with Gasteiger partial charge in [-0.05, 0) is 18.9 Å². The van der Waals surface area contributed by atoms with Crippen LogP contribution in [-0.2, 0) is 15.7 Å². The molecule has 0 saturated carbocycles. The molecular formula is C15H17F3N4O4. The second-order valence-electron chi connectivity index (χ2n) is 5.98. The summed E-state index contributed by atoms with van der Waals surface area (Å²) >= 11 is 0. The number of carbonyl (C=O) groups is 2. The van der Waals surface area contributed by atoms with Gasteiger partial charge in [0.05, 0.1) is 13.1 Å². The molecule has 0 radical (unpaired) electrons. The predicted molar refractivity (Wildman–Crippen MR) is 80.2 cm³/mol. The number of nitrogens with zero attached hydrogens (tertiary/aromatic N) is 4. The SMILES string of the molecule is O=C(CN1CCOC1=O)N1CCCC(Oc2nccc(C(F)(F)F)n2)C1. The van der Waals surface area contributed by atoms with E-state index in [1.54, 1.807) is 0 Å². The van der Waals surface area contributed by atoms with Gasteiger partial charge >= 0.3 is 18.3 Å². The average Bonchev–Trinajstić information content (AvgIpc) is 2.99. The molecule has 2 saturated heterocycles. The number of halogens is 3. The van der Waals surface area contributed by atoms with Gasteiger partial charge in [0, 0.05) is 12.7 Å². The normalized spacial score (nSPS) is 20.9. The molecule has 26 heavy (non-hydrogen) atoms. The van der Waals surface area contributed by atoms with Gasteiger partial charge < -0.3 is 14.4 Å². The van der Waals surface area contributed by atoms with Gasteiger partial charge in [-0.2, -0.15) is 18.2 Å². The number of ether oxygens (including phenoxy) is 2. The van der Waals surface area contributed by atoms with Gasteiger partial charge in [-0.1, -0.05) is 0 Å². The van der Waals surface area contributed by atoms with E-state index < -0.39 is 24.1 Å². The number of hydrogen-bond donors (Lipinski definition) is 0. The summed E-state index contributed by atoms with van der Waals surface area (Å²) in [4.78, 5) is 33.6.